The highest BCUT2D eigenvalue weighted by molar-refractivity contribution is 5.97. The minimum Gasteiger partial charge on any atom is -0.494 e. The second-order valence-electron chi connectivity index (χ2n) is 8.64. The van der Waals surface area contributed by atoms with Crippen molar-refractivity contribution in [3.63, 3.8) is 0 Å². The molecule has 0 radical (unpaired) electrons. The topological polar surface area (TPSA) is 94.8 Å². The van der Waals surface area contributed by atoms with Crippen LogP contribution in [0.2, 0.25) is 0 Å². The number of benzene rings is 3. The average Bonchev–Trinajstić information content (AvgIpc) is 2.92. The van der Waals surface area contributed by atoms with E-state index in [2.05, 4.69) is 12.2 Å². The van der Waals surface area contributed by atoms with Crippen LogP contribution in [-0.2, 0) is 6.54 Å². The number of carbonyl (C=O) groups is 2. The fourth-order valence-electron chi connectivity index (χ4n) is 3.76. The Morgan fingerprint density at radius 1 is 0.865 bits per heavy atom. The summed E-state index contributed by atoms with van der Waals surface area (Å²) in [5.41, 5.74) is 0.622. The van der Waals surface area contributed by atoms with Crippen LogP contribution < -0.4 is 20.4 Å². The van der Waals surface area contributed by atoms with Gasteiger partial charge in [0, 0.05) is 18.0 Å². The van der Waals surface area contributed by atoms with Gasteiger partial charge in [0.25, 0.3) is 5.91 Å². The lowest BCUT2D eigenvalue weighted by Gasteiger charge is -2.08. The Balaban J connectivity index is 1.38. The number of hydrogen-bond donors (Lipinski definition) is 1. The van der Waals surface area contributed by atoms with Crippen LogP contribution in [-0.4, -0.2) is 18.5 Å². The van der Waals surface area contributed by atoms with Gasteiger partial charge in [0.1, 0.15) is 22.6 Å². The van der Waals surface area contributed by atoms with Crippen molar-refractivity contribution in [1.29, 1.82) is 0 Å². The van der Waals surface area contributed by atoms with Crippen molar-refractivity contribution in [2.45, 2.75) is 39.2 Å². The Hall–Kier alpha value is -4.39. The van der Waals surface area contributed by atoms with E-state index >= 15 is 0 Å². The fraction of sp³-hybridized carbons (Fsp3) is 0.233. The van der Waals surface area contributed by atoms with Gasteiger partial charge in [-0.25, -0.2) is 9.59 Å². The Morgan fingerprint density at radius 2 is 1.62 bits per heavy atom. The molecule has 4 rings (SSSR count). The Bertz CT molecular complexity index is 1410. The van der Waals surface area contributed by atoms with Gasteiger partial charge in [-0.05, 0) is 54.4 Å². The second-order valence-corrected chi connectivity index (χ2v) is 8.64. The number of esters is 1. The molecule has 1 aromatic heterocycles. The van der Waals surface area contributed by atoms with E-state index in [4.69, 9.17) is 13.9 Å². The van der Waals surface area contributed by atoms with E-state index in [-0.39, 0.29) is 23.4 Å². The molecular formula is C30H29NO6. The van der Waals surface area contributed by atoms with Gasteiger partial charge < -0.3 is 19.2 Å². The van der Waals surface area contributed by atoms with E-state index in [1.807, 2.05) is 30.3 Å². The van der Waals surface area contributed by atoms with Gasteiger partial charge in [-0.1, -0.05) is 56.5 Å². The number of nitrogens with one attached hydrogen (secondary N) is 1. The minimum absolute atomic E-state index is 0.0964. The third-order valence-corrected chi connectivity index (χ3v) is 5.82. The van der Waals surface area contributed by atoms with E-state index in [1.54, 1.807) is 36.4 Å². The van der Waals surface area contributed by atoms with Gasteiger partial charge in [-0.2, -0.15) is 0 Å². The molecule has 0 aliphatic carbocycles. The SMILES string of the molecule is CCCCCCOc1ccc(C(=O)Oc2ccc3cc(C(=O)NCc4ccccc4)c(=O)oc3c2)cc1. The predicted molar refractivity (Wildman–Crippen MR) is 141 cm³/mol. The smallest absolute Gasteiger partial charge is 0.349 e. The summed E-state index contributed by atoms with van der Waals surface area (Å²) in [5.74, 6) is -0.154. The summed E-state index contributed by atoms with van der Waals surface area (Å²) in [6.45, 7) is 3.10. The van der Waals surface area contributed by atoms with Crippen LogP contribution >= 0.6 is 0 Å². The normalized spacial score (nSPS) is 10.7. The van der Waals surface area contributed by atoms with E-state index in [0.717, 1.165) is 18.4 Å². The van der Waals surface area contributed by atoms with E-state index in [9.17, 15) is 14.4 Å². The molecule has 0 atom stereocenters. The molecule has 1 heterocycles. The summed E-state index contributed by atoms with van der Waals surface area (Å²) < 4.78 is 16.5. The van der Waals surface area contributed by atoms with Crippen LogP contribution in [0.4, 0.5) is 0 Å². The molecule has 0 saturated carbocycles. The Labute approximate surface area is 215 Å². The van der Waals surface area contributed by atoms with Crippen LogP contribution in [0.5, 0.6) is 11.5 Å². The Kier molecular flexibility index (Phi) is 8.70. The highest BCUT2D eigenvalue weighted by atomic mass is 16.5. The van der Waals surface area contributed by atoms with Crippen LogP contribution in [0.25, 0.3) is 11.0 Å². The van der Waals surface area contributed by atoms with Gasteiger partial charge in [0.05, 0.1) is 12.2 Å². The molecule has 1 N–H and O–H groups in total. The molecule has 7 nitrogen and oxygen atoms in total. The first-order chi connectivity index (χ1) is 18.0. The molecule has 0 spiro atoms. The molecular weight excluding hydrogens is 470 g/mol. The fourth-order valence-corrected chi connectivity index (χ4v) is 3.76. The van der Waals surface area contributed by atoms with Gasteiger partial charge in [0.15, 0.2) is 0 Å². The molecule has 190 valence electrons. The highest BCUT2D eigenvalue weighted by Crippen LogP contribution is 2.22. The van der Waals surface area contributed by atoms with Crippen molar-refractivity contribution >= 4 is 22.8 Å². The third kappa shape index (κ3) is 7.07. The molecule has 0 fully saturated rings. The number of ether oxygens (including phenoxy) is 2. The lowest BCUT2D eigenvalue weighted by atomic mass is 10.1. The first-order valence-corrected chi connectivity index (χ1v) is 12.4. The van der Waals surface area contributed by atoms with Crippen LogP contribution in [0.1, 0.15) is 58.9 Å². The van der Waals surface area contributed by atoms with E-state index in [0.29, 0.717) is 23.3 Å². The number of fused-ring (bicyclic) bond motifs is 1. The number of amides is 1. The zero-order valence-electron chi connectivity index (χ0n) is 20.7. The lowest BCUT2D eigenvalue weighted by Crippen LogP contribution is -2.27. The summed E-state index contributed by atoms with van der Waals surface area (Å²) >= 11 is 0. The van der Waals surface area contributed by atoms with Crippen LogP contribution in [0, 0.1) is 0 Å². The van der Waals surface area contributed by atoms with Crippen molar-refractivity contribution in [1.82, 2.24) is 5.32 Å². The lowest BCUT2D eigenvalue weighted by molar-refractivity contribution is 0.0734. The Morgan fingerprint density at radius 3 is 2.38 bits per heavy atom. The summed E-state index contributed by atoms with van der Waals surface area (Å²) in [6, 6.07) is 22.3. The largest absolute Gasteiger partial charge is 0.494 e. The van der Waals surface area contributed by atoms with Gasteiger partial charge in [-0.15, -0.1) is 0 Å². The van der Waals surface area contributed by atoms with Crippen molar-refractivity contribution < 1.29 is 23.5 Å². The third-order valence-electron chi connectivity index (χ3n) is 5.82. The van der Waals surface area contributed by atoms with Crippen molar-refractivity contribution in [2.75, 3.05) is 6.61 Å². The molecule has 7 heteroatoms. The van der Waals surface area contributed by atoms with Gasteiger partial charge >= 0.3 is 11.6 Å². The quantitative estimate of drug-likeness (QED) is 0.119. The highest BCUT2D eigenvalue weighted by Gasteiger charge is 2.15. The second kappa shape index (κ2) is 12.5. The molecule has 4 aromatic rings. The summed E-state index contributed by atoms with van der Waals surface area (Å²) in [6.07, 6.45) is 4.50. The number of unbranched alkanes of at least 4 members (excludes halogenated alkanes) is 3. The molecule has 0 saturated heterocycles. The molecule has 3 aromatic carbocycles. The summed E-state index contributed by atoms with van der Waals surface area (Å²) in [7, 11) is 0. The molecule has 37 heavy (non-hydrogen) atoms. The van der Waals surface area contributed by atoms with Gasteiger partial charge in [0.2, 0.25) is 0 Å². The number of hydrogen-bond acceptors (Lipinski definition) is 6. The van der Waals surface area contributed by atoms with Crippen molar-refractivity contribution in [3.05, 3.63) is 106 Å². The maximum atomic E-state index is 12.6. The first-order valence-electron chi connectivity index (χ1n) is 12.4. The monoisotopic (exact) mass is 499 g/mol. The van der Waals surface area contributed by atoms with Crippen LogP contribution in [0.3, 0.4) is 0 Å². The molecule has 0 unspecified atom stereocenters. The zero-order valence-corrected chi connectivity index (χ0v) is 20.7. The van der Waals surface area contributed by atoms with E-state index < -0.39 is 17.5 Å². The standard InChI is InChI=1S/C30H29NO6/c1-2-3-4-8-17-35-24-14-11-22(12-15-24)29(33)36-25-16-13-23-18-26(30(34)37-27(23)19-25)28(32)31-20-21-9-6-5-7-10-21/h5-7,9-16,18-19H,2-4,8,17,20H2,1H3,(H,31,32). The number of rotatable bonds is 11. The molecule has 0 aliphatic rings. The summed E-state index contributed by atoms with van der Waals surface area (Å²) in [4.78, 5) is 37.6. The van der Waals surface area contributed by atoms with Crippen molar-refractivity contribution in [3.8, 4) is 11.5 Å². The van der Waals surface area contributed by atoms with Gasteiger partial charge in [-0.3, -0.25) is 4.79 Å². The molecule has 0 bridgehead atoms. The number of carbonyl (C=O) groups excluding carboxylic acids is 2. The molecule has 1 amide bonds. The minimum atomic E-state index is -0.771. The van der Waals surface area contributed by atoms with Crippen molar-refractivity contribution in [2.24, 2.45) is 0 Å². The average molecular weight is 500 g/mol. The molecule has 0 aliphatic heterocycles. The zero-order chi connectivity index (χ0) is 26.0. The summed E-state index contributed by atoms with van der Waals surface area (Å²) in [5, 5.41) is 3.25. The maximum Gasteiger partial charge on any atom is 0.349 e. The maximum absolute atomic E-state index is 12.6. The predicted octanol–water partition coefficient (Wildman–Crippen LogP) is 5.90. The first kappa shape index (κ1) is 25.7. The van der Waals surface area contributed by atoms with E-state index in [1.165, 1.54) is 25.0 Å². The van der Waals surface area contributed by atoms with Crippen LogP contribution in [0.15, 0.2) is 88.1 Å².